The zero-order valence-electron chi connectivity index (χ0n) is 16.7. The molecule has 0 unspecified atom stereocenters. The molecule has 0 aliphatic carbocycles. The second-order valence-corrected chi connectivity index (χ2v) is 8.57. The second-order valence-electron chi connectivity index (χ2n) is 8.13. The number of aliphatic hydroxyl groups is 2. The number of aliphatic imine (C=N–C) groups is 1. The molecule has 1 atom stereocenters. The summed E-state index contributed by atoms with van der Waals surface area (Å²) >= 11 is 6.00. The highest BCUT2D eigenvalue weighted by Crippen LogP contribution is 2.44. The van der Waals surface area contributed by atoms with Gasteiger partial charge in [0.05, 0.1) is 11.3 Å². The molecule has 0 bridgehead atoms. The van der Waals surface area contributed by atoms with Gasteiger partial charge in [-0.05, 0) is 31.5 Å². The van der Waals surface area contributed by atoms with Crippen LogP contribution in [0.3, 0.4) is 0 Å². The molecule has 4 rings (SSSR count). The molecule has 2 heterocycles. The zero-order chi connectivity index (χ0) is 22.6. The van der Waals surface area contributed by atoms with Crippen LogP contribution in [-0.2, 0) is 4.84 Å². The van der Waals surface area contributed by atoms with Crippen LogP contribution in [-0.4, -0.2) is 39.5 Å². The Hall–Kier alpha value is -2.39. The third kappa shape index (κ3) is 3.85. The van der Waals surface area contributed by atoms with E-state index in [1.165, 1.54) is 0 Å². The summed E-state index contributed by atoms with van der Waals surface area (Å²) in [7, 11) is 0. The van der Waals surface area contributed by atoms with E-state index < -0.39 is 30.0 Å². The van der Waals surface area contributed by atoms with Gasteiger partial charge >= 0.3 is 6.18 Å². The van der Waals surface area contributed by atoms with E-state index in [0.29, 0.717) is 27.4 Å². The second kappa shape index (κ2) is 7.34. The van der Waals surface area contributed by atoms with E-state index in [-0.39, 0.29) is 5.76 Å². The lowest BCUT2D eigenvalue weighted by molar-refractivity contribution is -0.351. The summed E-state index contributed by atoms with van der Waals surface area (Å²) in [5, 5.41) is 20.1. The van der Waals surface area contributed by atoms with Crippen LogP contribution in [0.4, 0.5) is 13.2 Å². The molecule has 164 valence electrons. The molecule has 5 nitrogen and oxygen atoms in total. The third-order valence-electron chi connectivity index (χ3n) is 5.38. The molecular weight excluding hydrogens is 433 g/mol. The van der Waals surface area contributed by atoms with Crippen molar-refractivity contribution in [2.75, 3.05) is 0 Å². The smallest absolute Gasteiger partial charge is 0.410 e. The first-order chi connectivity index (χ1) is 14.4. The Kier molecular flexibility index (Phi) is 5.17. The average molecular weight is 453 g/mol. The summed E-state index contributed by atoms with van der Waals surface area (Å²) in [6.07, 6.45) is -6.39. The van der Waals surface area contributed by atoms with Gasteiger partial charge in [-0.3, -0.25) is 4.99 Å². The third-order valence-corrected chi connectivity index (χ3v) is 5.63. The van der Waals surface area contributed by atoms with Crippen LogP contribution in [0.15, 0.2) is 59.3 Å². The van der Waals surface area contributed by atoms with Crippen LogP contribution in [0, 0.1) is 0 Å². The topological polar surface area (TPSA) is 74.1 Å². The van der Waals surface area contributed by atoms with E-state index in [9.17, 15) is 23.4 Å². The first-order valence-corrected chi connectivity index (χ1v) is 9.92. The summed E-state index contributed by atoms with van der Waals surface area (Å²) < 4.78 is 39.8. The minimum atomic E-state index is -5.26. The normalized spacial score (nSPS) is 20.5. The quantitative estimate of drug-likeness (QED) is 0.610. The number of alkyl halides is 3. The van der Waals surface area contributed by atoms with Crippen molar-refractivity contribution in [1.82, 2.24) is 5.48 Å². The van der Waals surface area contributed by atoms with Crippen molar-refractivity contribution in [3.63, 3.8) is 0 Å². The van der Waals surface area contributed by atoms with Gasteiger partial charge in [0.25, 0.3) is 5.79 Å². The summed E-state index contributed by atoms with van der Waals surface area (Å²) in [6, 6.07) is 12.7. The van der Waals surface area contributed by atoms with Crippen LogP contribution in [0.25, 0.3) is 5.57 Å². The van der Waals surface area contributed by atoms with Crippen molar-refractivity contribution >= 4 is 22.9 Å². The van der Waals surface area contributed by atoms with Gasteiger partial charge in [-0.2, -0.15) is 13.2 Å². The van der Waals surface area contributed by atoms with E-state index in [1.807, 2.05) is 32.0 Å². The molecule has 2 aliphatic rings. The van der Waals surface area contributed by atoms with Crippen LogP contribution < -0.4 is 5.48 Å². The van der Waals surface area contributed by atoms with Crippen LogP contribution in [0.1, 0.15) is 37.0 Å². The summed E-state index contributed by atoms with van der Waals surface area (Å²) in [5.41, 5.74) is 5.13. The summed E-state index contributed by atoms with van der Waals surface area (Å²) in [6.45, 7) is 3.65. The molecule has 2 aromatic carbocycles. The van der Waals surface area contributed by atoms with Crippen LogP contribution >= 0.6 is 11.6 Å². The molecule has 31 heavy (non-hydrogen) atoms. The Balaban J connectivity index is 1.95. The SMILES string of the molecule is CC1(C)NOC2=C1c1ccccc1C(c1ccc(Cl)cc1)=N[C@H]2CC(O)(O)C(F)(F)F. The van der Waals surface area contributed by atoms with Crippen molar-refractivity contribution in [2.45, 2.75) is 43.8 Å². The molecule has 2 aliphatic heterocycles. The highest BCUT2D eigenvalue weighted by atomic mass is 35.5. The van der Waals surface area contributed by atoms with Gasteiger partial charge in [-0.15, -0.1) is 5.48 Å². The molecule has 0 aromatic heterocycles. The van der Waals surface area contributed by atoms with E-state index in [0.717, 1.165) is 5.56 Å². The molecular formula is C22H20ClF3N2O3. The fourth-order valence-electron chi connectivity index (χ4n) is 3.85. The van der Waals surface area contributed by atoms with E-state index >= 15 is 0 Å². The van der Waals surface area contributed by atoms with Crippen molar-refractivity contribution in [3.05, 3.63) is 76.0 Å². The maximum atomic E-state index is 13.3. The van der Waals surface area contributed by atoms with Gasteiger partial charge in [0, 0.05) is 28.1 Å². The monoisotopic (exact) mass is 452 g/mol. The standard InChI is InChI=1S/C22H20ClF3N2O3/c1-20(2)17-14-5-3-4-6-15(14)18(12-7-9-13(23)10-8-12)27-16(19(17)31-28-20)11-21(29,30)22(24,25)26/h3-10,16,28-30H,11H2,1-2H3/t16-/m0/s1. The number of nitrogens with one attached hydrogen (secondary N) is 1. The summed E-state index contributed by atoms with van der Waals surface area (Å²) in [5.74, 6) is -3.82. The minimum Gasteiger partial charge on any atom is -0.410 e. The molecule has 0 fully saturated rings. The highest BCUT2D eigenvalue weighted by molar-refractivity contribution is 6.30. The van der Waals surface area contributed by atoms with Crippen LogP contribution in [0.5, 0.6) is 0 Å². The molecule has 0 spiro atoms. The number of rotatable bonds is 3. The van der Waals surface area contributed by atoms with Gasteiger partial charge in [0.15, 0.2) is 5.76 Å². The van der Waals surface area contributed by atoms with Gasteiger partial charge in [-0.1, -0.05) is 48.0 Å². The van der Waals surface area contributed by atoms with Gasteiger partial charge in [-0.25, -0.2) is 0 Å². The van der Waals surface area contributed by atoms with Crippen molar-refractivity contribution < 1.29 is 28.2 Å². The lowest BCUT2D eigenvalue weighted by Gasteiger charge is -2.27. The Morgan fingerprint density at radius 1 is 1.06 bits per heavy atom. The molecule has 0 saturated carbocycles. The number of halogens is 4. The Morgan fingerprint density at radius 3 is 2.29 bits per heavy atom. The van der Waals surface area contributed by atoms with Gasteiger partial charge < -0.3 is 15.1 Å². The molecule has 2 aromatic rings. The molecule has 0 radical (unpaired) electrons. The fourth-order valence-corrected chi connectivity index (χ4v) is 3.98. The maximum absolute atomic E-state index is 13.3. The predicted octanol–water partition coefficient (Wildman–Crippen LogP) is 4.22. The molecule has 3 N–H and O–H groups in total. The van der Waals surface area contributed by atoms with E-state index in [1.54, 1.807) is 30.3 Å². The zero-order valence-corrected chi connectivity index (χ0v) is 17.4. The number of fused-ring (bicyclic) bond motifs is 2. The highest BCUT2D eigenvalue weighted by Gasteiger charge is 2.55. The largest absolute Gasteiger partial charge is 0.442 e. The Bertz CT molecular complexity index is 1080. The number of hydrogen-bond acceptors (Lipinski definition) is 5. The Morgan fingerprint density at radius 2 is 1.68 bits per heavy atom. The lowest BCUT2D eigenvalue weighted by atomic mass is 9.84. The lowest BCUT2D eigenvalue weighted by Crippen LogP contribution is -2.47. The van der Waals surface area contributed by atoms with Gasteiger partial charge in [0.2, 0.25) is 0 Å². The van der Waals surface area contributed by atoms with Crippen molar-refractivity contribution in [1.29, 1.82) is 0 Å². The molecule has 9 heteroatoms. The number of nitrogens with zero attached hydrogens (tertiary/aromatic N) is 1. The first kappa shape index (κ1) is 21.8. The number of benzene rings is 2. The van der Waals surface area contributed by atoms with Crippen molar-refractivity contribution in [2.24, 2.45) is 4.99 Å². The first-order valence-electron chi connectivity index (χ1n) is 9.54. The average Bonchev–Trinajstić information content (AvgIpc) is 2.92. The van der Waals surface area contributed by atoms with E-state index in [4.69, 9.17) is 16.4 Å². The Labute approximate surface area is 181 Å². The fraction of sp³-hybridized carbons (Fsp3) is 0.318. The van der Waals surface area contributed by atoms with Crippen molar-refractivity contribution in [3.8, 4) is 0 Å². The minimum absolute atomic E-state index is 0.123. The predicted molar refractivity (Wildman–Crippen MR) is 110 cm³/mol. The maximum Gasteiger partial charge on any atom is 0.442 e. The number of hydrogen-bond donors (Lipinski definition) is 3. The van der Waals surface area contributed by atoms with Crippen LogP contribution in [0.2, 0.25) is 5.02 Å². The molecule has 0 amide bonds. The summed E-state index contributed by atoms with van der Waals surface area (Å²) in [4.78, 5) is 10.1. The molecule has 0 saturated heterocycles. The van der Waals surface area contributed by atoms with Gasteiger partial charge in [0.1, 0.15) is 6.04 Å². The van der Waals surface area contributed by atoms with E-state index in [2.05, 4.69) is 10.5 Å². The number of hydroxylamine groups is 1.